The lowest BCUT2D eigenvalue weighted by Crippen LogP contribution is -2.49. The number of likely N-dealkylation sites (tertiary alicyclic amines) is 1. The summed E-state index contributed by atoms with van der Waals surface area (Å²) in [5, 5.41) is 9.11. The lowest BCUT2D eigenvalue weighted by Gasteiger charge is -2.37. The molecule has 0 radical (unpaired) electrons. The third-order valence-electron chi connectivity index (χ3n) is 3.51. The summed E-state index contributed by atoms with van der Waals surface area (Å²) < 4.78 is 12.8. The van der Waals surface area contributed by atoms with Crippen molar-refractivity contribution in [3.63, 3.8) is 0 Å². The average Bonchev–Trinajstić information content (AvgIpc) is 2.38. The van der Waals surface area contributed by atoms with E-state index in [-0.39, 0.29) is 17.6 Å². The zero-order valence-corrected chi connectivity index (χ0v) is 10.5. The first-order valence-electron chi connectivity index (χ1n) is 6.16. The summed E-state index contributed by atoms with van der Waals surface area (Å²) in [6, 6.07) is 2.10. The van der Waals surface area contributed by atoms with E-state index < -0.39 is 17.7 Å². The second-order valence-electron chi connectivity index (χ2n) is 4.69. The Hall–Kier alpha value is -1.98. The van der Waals surface area contributed by atoms with E-state index in [0.29, 0.717) is 19.4 Å². The van der Waals surface area contributed by atoms with E-state index in [4.69, 9.17) is 5.11 Å². The molecule has 19 heavy (non-hydrogen) atoms. The van der Waals surface area contributed by atoms with Gasteiger partial charge in [-0.15, -0.1) is 0 Å². The molecule has 1 amide bonds. The van der Waals surface area contributed by atoms with Crippen LogP contribution in [0.15, 0.2) is 18.3 Å². The molecule has 2 rings (SSSR count). The zero-order chi connectivity index (χ0) is 14.0. The van der Waals surface area contributed by atoms with Crippen molar-refractivity contribution >= 4 is 11.9 Å². The van der Waals surface area contributed by atoms with Crippen LogP contribution in [0.25, 0.3) is 0 Å². The molecule has 102 valence electrons. The molecule has 1 aliphatic rings. The fourth-order valence-corrected chi connectivity index (χ4v) is 2.41. The van der Waals surface area contributed by atoms with Crippen LogP contribution in [-0.2, 0) is 4.79 Å². The van der Waals surface area contributed by atoms with Crippen molar-refractivity contribution in [3.05, 3.63) is 29.8 Å². The first-order chi connectivity index (χ1) is 9.00. The van der Waals surface area contributed by atoms with E-state index in [9.17, 15) is 14.0 Å². The maximum absolute atomic E-state index is 12.8. The number of carboxylic acid groups (broad SMARTS) is 1. The predicted octanol–water partition coefficient (Wildman–Crippen LogP) is 1.55. The minimum Gasteiger partial charge on any atom is -0.481 e. The topological polar surface area (TPSA) is 70.5 Å². The molecule has 1 aromatic rings. The van der Waals surface area contributed by atoms with Gasteiger partial charge < -0.3 is 10.0 Å². The molecule has 0 bridgehead atoms. The van der Waals surface area contributed by atoms with E-state index in [2.05, 4.69) is 4.98 Å². The second-order valence-corrected chi connectivity index (χ2v) is 4.69. The molecule has 1 aromatic heterocycles. The van der Waals surface area contributed by atoms with E-state index in [0.717, 1.165) is 6.20 Å². The summed E-state index contributed by atoms with van der Waals surface area (Å²) in [6.07, 6.45) is 2.20. The van der Waals surface area contributed by atoms with E-state index in [1.54, 1.807) is 6.92 Å². The van der Waals surface area contributed by atoms with Crippen molar-refractivity contribution in [1.82, 2.24) is 9.88 Å². The Morgan fingerprint density at radius 3 is 2.79 bits per heavy atom. The molecule has 6 heteroatoms. The van der Waals surface area contributed by atoms with Crippen LogP contribution in [0.2, 0.25) is 0 Å². The largest absolute Gasteiger partial charge is 0.481 e. The SMILES string of the molecule is C[C@@H]1[C@H](C(=O)O)CCCN1C(=O)c1ccc(F)cn1. The predicted molar refractivity (Wildman–Crippen MR) is 65.1 cm³/mol. The number of pyridine rings is 1. The van der Waals surface area contributed by atoms with Gasteiger partial charge in [-0.2, -0.15) is 0 Å². The van der Waals surface area contributed by atoms with Crippen molar-refractivity contribution < 1.29 is 19.1 Å². The molecule has 1 fully saturated rings. The number of aliphatic carboxylic acids is 1. The van der Waals surface area contributed by atoms with Crippen LogP contribution in [0.3, 0.4) is 0 Å². The molecule has 5 nitrogen and oxygen atoms in total. The Morgan fingerprint density at radius 2 is 2.21 bits per heavy atom. The summed E-state index contributed by atoms with van der Waals surface area (Å²) in [7, 11) is 0. The standard InChI is InChI=1S/C13H15FN2O3/c1-8-10(13(18)19)3-2-6-16(8)12(17)11-5-4-9(14)7-15-11/h4-5,7-8,10H,2-3,6H2,1H3,(H,18,19)/t8-,10-/m1/s1. The molecule has 1 aliphatic heterocycles. The fraction of sp³-hybridized carbons (Fsp3) is 0.462. The van der Waals surface area contributed by atoms with Crippen molar-refractivity contribution in [2.45, 2.75) is 25.8 Å². The Labute approximate surface area is 110 Å². The van der Waals surface area contributed by atoms with Crippen molar-refractivity contribution in [1.29, 1.82) is 0 Å². The van der Waals surface area contributed by atoms with Gasteiger partial charge in [0.1, 0.15) is 11.5 Å². The molecule has 0 unspecified atom stereocenters. The Balaban J connectivity index is 2.18. The number of halogens is 1. The quantitative estimate of drug-likeness (QED) is 0.881. The van der Waals surface area contributed by atoms with Gasteiger partial charge in [0.2, 0.25) is 0 Å². The molecule has 0 spiro atoms. The summed E-state index contributed by atoms with van der Waals surface area (Å²) in [5.41, 5.74) is 0.138. The molecular formula is C13H15FN2O3. The number of hydrogen-bond acceptors (Lipinski definition) is 3. The van der Waals surface area contributed by atoms with Gasteiger partial charge >= 0.3 is 5.97 Å². The molecule has 0 aliphatic carbocycles. The zero-order valence-electron chi connectivity index (χ0n) is 10.5. The number of amides is 1. The van der Waals surface area contributed by atoms with E-state index in [1.807, 2.05) is 0 Å². The summed E-state index contributed by atoms with van der Waals surface area (Å²) in [5.74, 6) is -2.31. The molecule has 0 aromatic carbocycles. The molecule has 2 atom stereocenters. The number of nitrogens with zero attached hydrogens (tertiary/aromatic N) is 2. The van der Waals surface area contributed by atoms with Gasteiger partial charge in [0.25, 0.3) is 5.91 Å². The van der Waals surface area contributed by atoms with Gasteiger partial charge in [-0.05, 0) is 31.9 Å². The Morgan fingerprint density at radius 1 is 1.47 bits per heavy atom. The van der Waals surface area contributed by atoms with Crippen LogP contribution in [-0.4, -0.2) is 39.5 Å². The Kier molecular flexibility index (Phi) is 3.78. The van der Waals surface area contributed by atoms with Crippen molar-refractivity contribution in [2.24, 2.45) is 5.92 Å². The minimum atomic E-state index is -0.892. The third kappa shape index (κ3) is 2.72. The highest BCUT2D eigenvalue weighted by Crippen LogP contribution is 2.25. The second kappa shape index (κ2) is 5.34. The molecule has 2 heterocycles. The fourth-order valence-electron chi connectivity index (χ4n) is 2.41. The highest BCUT2D eigenvalue weighted by molar-refractivity contribution is 5.93. The highest BCUT2D eigenvalue weighted by Gasteiger charge is 2.35. The van der Waals surface area contributed by atoms with Crippen LogP contribution >= 0.6 is 0 Å². The highest BCUT2D eigenvalue weighted by atomic mass is 19.1. The number of carbonyl (C=O) groups is 2. The Bertz CT molecular complexity index is 489. The lowest BCUT2D eigenvalue weighted by molar-refractivity contribution is -0.144. The van der Waals surface area contributed by atoms with Crippen LogP contribution in [0.5, 0.6) is 0 Å². The number of aromatic nitrogens is 1. The van der Waals surface area contributed by atoms with Gasteiger partial charge in [0.15, 0.2) is 0 Å². The van der Waals surface area contributed by atoms with Crippen molar-refractivity contribution in [3.8, 4) is 0 Å². The number of piperidine rings is 1. The number of carbonyl (C=O) groups excluding carboxylic acids is 1. The summed E-state index contributed by atoms with van der Waals surface area (Å²) in [4.78, 5) is 28.6. The molecule has 0 saturated carbocycles. The van der Waals surface area contributed by atoms with Gasteiger partial charge in [-0.25, -0.2) is 9.37 Å². The monoisotopic (exact) mass is 266 g/mol. The van der Waals surface area contributed by atoms with Crippen LogP contribution in [0.1, 0.15) is 30.3 Å². The van der Waals surface area contributed by atoms with Crippen LogP contribution < -0.4 is 0 Å². The summed E-state index contributed by atoms with van der Waals surface area (Å²) >= 11 is 0. The van der Waals surface area contributed by atoms with E-state index in [1.165, 1.54) is 17.0 Å². The maximum atomic E-state index is 12.8. The summed E-state index contributed by atoms with van der Waals surface area (Å²) in [6.45, 7) is 2.22. The molecule has 1 saturated heterocycles. The van der Waals surface area contributed by atoms with Crippen molar-refractivity contribution in [2.75, 3.05) is 6.54 Å². The maximum Gasteiger partial charge on any atom is 0.308 e. The molecule has 1 N–H and O–H groups in total. The number of carboxylic acids is 1. The van der Waals surface area contributed by atoms with Gasteiger partial charge in [0, 0.05) is 12.6 Å². The van der Waals surface area contributed by atoms with Crippen LogP contribution in [0, 0.1) is 11.7 Å². The average molecular weight is 266 g/mol. The minimum absolute atomic E-state index is 0.138. The van der Waals surface area contributed by atoms with Gasteiger partial charge in [0.05, 0.1) is 12.1 Å². The normalized spacial score (nSPS) is 23.2. The van der Waals surface area contributed by atoms with Gasteiger partial charge in [-0.3, -0.25) is 9.59 Å². The lowest BCUT2D eigenvalue weighted by atomic mass is 9.90. The smallest absolute Gasteiger partial charge is 0.308 e. The first-order valence-corrected chi connectivity index (χ1v) is 6.16. The third-order valence-corrected chi connectivity index (χ3v) is 3.51. The number of rotatable bonds is 2. The van der Waals surface area contributed by atoms with Crippen LogP contribution in [0.4, 0.5) is 4.39 Å². The van der Waals surface area contributed by atoms with Gasteiger partial charge in [-0.1, -0.05) is 0 Å². The van der Waals surface area contributed by atoms with E-state index >= 15 is 0 Å². The molecular weight excluding hydrogens is 251 g/mol. The number of hydrogen-bond donors (Lipinski definition) is 1. The first kappa shape index (κ1) is 13.5.